The number of anilines is 2. The number of carbonyl (C=O) groups excluding carboxylic acids is 1. The number of benzene rings is 2. The van der Waals surface area contributed by atoms with E-state index < -0.39 is 0 Å². The predicted octanol–water partition coefficient (Wildman–Crippen LogP) is 4.14. The number of ether oxygens (including phenoxy) is 1. The molecule has 2 aromatic carbocycles. The molecule has 7 heteroatoms. The van der Waals surface area contributed by atoms with Crippen LogP contribution < -0.4 is 20.8 Å². The highest BCUT2D eigenvalue weighted by Crippen LogP contribution is 2.35. The molecule has 1 aliphatic rings. The summed E-state index contributed by atoms with van der Waals surface area (Å²) in [6.07, 6.45) is 1.64. The maximum Gasteiger partial charge on any atom is 0.340 e. The van der Waals surface area contributed by atoms with E-state index >= 15 is 0 Å². The van der Waals surface area contributed by atoms with Crippen LogP contribution in [0.2, 0.25) is 0 Å². The molecule has 148 valence electrons. The van der Waals surface area contributed by atoms with Crippen molar-refractivity contribution in [3.8, 4) is 5.75 Å². The Morgan fingerprint density at radius 1 is 1.25 bits per heavy atom. The Labute approximate surface area is 165 Å². The molecular weight excluding hydrogens is 354 g/mol. The summed E-state index contributed by atoms with van der Waals surface area (Å²) >= 11 is 0. The number of aliphatic imine (C=N–C) groups is 1. The van der Waals surface area contributed by atoms with Crippen molar-refractivity contribution >= 4 is 28.9 Å². The number of nitrogens with one attached hydrogen (secondary N) is 1. The van der Waals surface area contributed by atoms with E-state index in [1.807, 2.05) is 67.5 Å². The van der Waals surface area contributed by atoms with Crippen LogP contribution in [0.3, 0.4) is 0 Å². The molecule has 3 N–H and O–H groups in total. The highest BCUT2D eigenvalue weighted by atomic mass is 16.5. The fourth-order valence-electron chi connectivity index (χ4n) is 2.92. The molecule has 0 aromatic heterocycles. The van der Waals surface area contributed by atoms with Crippen LogP contribution in [0.5, 0.6) is 5.75 Å². The first-order valence-corrected chi connectivity index (χ1v) is 9.51. The summed E-state index contributed by atoms with van der Waals surface area (Å²) in [5.41, 5.74) is 8.17. The van der Waals surface area contributed by atoms with Gasteiger partial charge in [-0.1, -0.05) is 31.5 Å². The van der Waals surface area contributed by atoms with Gasteiger partial charge in [0.1, 0.15) is 17.3 Å². The van der Waals surface area contributed by atoms with Crippen molar-refractivity contribution in [2.45, 2.75) is 32.8 Å². The van der Waals surface area contributed by atoms with Crippen LogP contribution in [0, 0.1) is 0 Å². The van der Waals surface area contributed by atoms with Gasteiger partial charge in [-0.3, -0.25) is 5.01 Å². The van der Waals surface area contributed by atoms with Gasteiger partial charge in [-0.25, -0.2) is 14.8 Å². The van der Waals surface area contributed by atoms with E-state index in [-0.39, 0.29) is 12.1 Å². The normalized spacial score (nSPS) is 15.1. The summed E-state index contributed by atoms with van der Waals surface area (Å²) in [5, 5.41) is 6.47. The summed E-state index contributed by atoms with van der Waals surface area (Å²) in [4.78, 5) is 17.3. The highest BCUT2D eigenvalue weighted by Gasteiger charge is 2.22. The Morgan fingerprint density at radius 2 is 2.00 bits per heavy atom. The molecular formula is C21H27N5O2. The number of nitrogens with zero attached hydrogens (tertiary/aromatic N) is 3. The number of amidine groups is 1. The lowest BCUT2D eigenvalue weighted by atomic mass is 10.2. The van der Waals surface area contributed by atoms with E-state index in [1.54, 1.807) is 5.01 Å². The van der Waals surface area contributed by atoms with Gasteiger partial charge in [0.05, 0.1) is 5.69 Å². The fraction of sp³-hybridized carbons (Fsp3) is 0.333. The van der Waals surface area contributed by atoms with Gasteiger partial charge in [0.2, 0.25) is 0 Å². The van der Waals surface area contributed by atoms with Gasteiger partial charge in [-0.05, 0) is 43.7 Å². The molecule has 28 heavy (non-hydrogen) atoms. The summed E-state index contributed by atoms with van der Waals surface area (Å²) in [5.74, 6) is 1.13. The van der Waals surface area contributed by atoms with E-state index in [1.165, 1.54) is 0 Å². The summed E-state index contributed by atoms with van der Waals surface area (Å²) < 4.78 is 5.76. The summed E-state index contributed by atoms with van der Waals surface area (Å²) in [6, 6.07) is 14.9. The maximum absolute atomic E-state index is 12.9. The second kappa shape index (κ2) is 8.65. The molecule has 7 nitrogen and oxygen atoms in total. The monoisotopic (exact) mass is 381 g/mol. The zero-order valence-corrected chi connectivity index (χ0v) is 16.6. The third-order valence-electron chi connectivity index (χ3n) is 4.63. The fourth-order valence-corrected chi connectivity index (χ4v) is 2.92. The molecule has 0 fully saturated rings. The average molecular weight is 381 g/mol. The minimum absolute atomic E-state index is 0.187. The van der Waals surface area contributed by atoms with Crippen LogP contribution >= 0.6 is 0 Å². The first-order chi connectivity index (χ1) is 13.5. The second-order valence-corrected chi connectivity index (χ2v) is 6.75. The third kappa shape index (κ3) is 4.36. The van der Waals surface area contributed by atoms with Gasteiger partial charge < -0.3 is 15.8 Å². The molecule has 1 unspecified atom stereocenters. The van der Waals surface area contributed by atoms with Gasteiger partial charge in [0, 0.05) is 19.3 Å². The lowest BCUT2D eigenvalue weighted by Gasteiger charge is -2.34. The SMILES string of the molecule is CCCCN(C(=O)Nc1ccccc1)N(C)c1ccc2c(c1)N=C(N)C(C)O2. The first-order valence-electron chi connectivity index (χ1n) is 9.51. The van der Waals surface area contributed by atoms with E-state index in [0.717, 1.165) is 24.2 Å². The Hall–Kier alpha value is -3.22. The first kappa shape index (κ1) is 19.5. The number of fused-ring (bicyclic) bond motifs is 1. The molecule has 0 saturated carbocycles. The Kier molecular flexibility index (Phi) is 6.03. The third-order valence-corrected chi connectivity index (χ3v) is 4.63. The largest absolute Gasteiger partial charge is 0.481 e. The predicted molar refractivity (Wildman–Crippen MR) is 113 cm³/mol. The number of carbonyl (C=O) groups is 1. The van der Waals surface area contributed by atoms with Gasteiger partial charge in [0.25, 0.3) is 0 Å². The van der Waals surface area contributed by atoms with E-state index in [0.29, 0.717) is 23.8 Å². The number of hydrogen-bond donors (Lipinski definition) is 2. The molecule has 0 bridgehead atoms. The molecule has 1 aliphatic heterocycles. The standard InChI is InChI=1S/C21H27N5O2/c1-4-5-13-26(21(27)23-16-9-7-6-8-10-16)25(3)17-11-12-19-18(14-17)24-20(22)15(2)28-19/h6-12,14-15H,4-5,13H2,1-3H3,(H2,22,24)(H,23,27). The van der Waals surface area contributed by atoms with E-state index in [4.69, 9.17) is 10.5 Å². The van der Waals surface area contributed by atoms with Crippen molar-refractivity contribution in [2.24, 2.45) is 10.7 Å². The summed E-state index contributed by atoms with van der Waals surface area (Å²) in [7, 11) is 1.86. The van der Waals surface area contributed by atoms with Gasteiger partial charge in [0.15, 0.2) is 6.10 Å². The van der Waals surface area contributed by atoms with Crippen LogP contribution in [0.25, 0.3) is 0 Å². The second-order valence-electron chi connectivity index (χ2n) is 6.75. The molecule has 0 aliphatic carbocycles. The maximum atomic E-state index is 12.9. The van der Waals surface area contributed by atoms with Crippen molar-refractivity contribution in [3.63, 3.8) is 0 Å². The Balaban J connectivity index is 1.83. The number of rotatable bonds is 6. The zero-order chi connectivity index (χ0) is 20.1. The molecule has 1 atom stereocenters. The minimum atomic E-state index is -0.242. The highest BCUT2D eigenvalue weighted by molar-refractivity contribution is 5.91. The van der Waals surface area contributed by atoms with Crippen molar-refractivity contribution in [2.75, 3.05) is 23.9 Å². The molecule has 0 radical (unpaired) electrons. The lowest BCUT2D eigenvalue weighted by molar-refractivity contribution is 0.208. The molecule has 0 spiro atoms. The summed E-state index contributed by atoms with van der Waals surface area (Å²) in [6.45, 7) is 4.56. The molecule has 0 saturated heterocycles. The lowest BCUT2D eigenvalue weighted by Crippen LogP contribution is -2.47. The Bertz CT molecular complexity index is 853. The van der Waals surface area contributed by atoms with Gasteiger partial charge >= 0.3 is 6.03 Å². The number of nitrogens with two attached hydrogens (primary N) is 1. The van der Waals surface area contributed by atoms with Crippen LogP contribution in [0.4, 0.5) is 21.9 Å². The molecule has 1 heterocycles. The zero-order valence-electron chi connectivity index (χ0n) is 16.6. The Morgan fingerprint density at radius 3 is 2.71 bits per heavy atom. The molecule has 3 rings (SSSR count). The quantitative estimate of drug-likeness (QED) is 0.737. The number of hydrogen-bond acceptors (Lipinski definition) is 5. The van der Waals surface area contributed by atoms with Crippen molar-refractivity contribution in [3.05, 3.63) is 48.5 Å². The topological polar surface area (TPSA) is 83.2 Å². The van der Waals surface area contributed by atoms with E-state index in [9.17, 15) is 4.79 Å². The van der Waals surface area contributed by atoms with Gasteiger partial charge in [-0.2, -0.15) is 0 Å². The van der Waals surface area contributed by atoms with Crippen LogP contribution in [-0.4, -0.2) is 36.6 Å². The number of urea groups is 1. The van der Waals surface area contributed by atoms with E-state index in [2.05, 4.69) is 17.2 Å². The van der Waals surface area contributed by atoms with Crippen molar-refractivity contribution in [1.29, 1.82) is 0 Å². The number of unbranched alkanes of at least 4 members (excludes halogenated alkanes) is 1. The van der Waals surface area contributed by atoms with Crippen LogP contribution in [0.15, 0.2) is 53.5 Å². The van der Waals surface area contributed by atoms with Crippen molar-refractivity contribution < 1.29 is 9.53 Å². The number of para-hydroxylation sites is 1. The van der Waals surface area contributed by atoms with Crippen molar-refractivity contribution in [1.82, 2.24) is 5.01 Å². The minimum Gasteiger partial charge on any atom is -0.481 e. The molecule has 2 aromatic rings. The van der Waals surface area contributed by atoms with Crippen LogP contribution in [0.1, 0.15) is 26.7 Å². The van der Waals surface area contributed by atoms with Gasteiger partial charge in [-0.15, -0.1) is 0 Å². The number of amides is 2. The number of hydrazine groups is 1. The smallest absolute Gasteiger partial charge is 0.340 e. The van der Waals surface area contributed by atoms with Crippen LogP contribution in [-0.2, 0) is 0 Å². The molecule has 2 amide bonds. The average Bonchev–Trinajstić information content (AvgIpc) is 2.69.